The van der Waals surface area contributed by atoms with Crippen LogP contribution in [0.15, 0.2) is 22.7 Å². The Balaban J connectivity index is 1.97. The molecule has 0 radical (unpaired) electrons. The predicted molar refractivity (Wildman–Crippen MR) is 76.6 cm³/mol. The summed E-state index contributed by atoms with van der Waals surface area (Å²) in [5.41, 5.74) is 0.202. The molecule has 5 heteroatoms. The lowest BCUT2D eigenvalue weighted by atomic mass is 9.81. The van der Waals surface area contributed by atoms with Crippen molar-refractivity contribution in [2.24, 2.45) is 5.41 Å². The number of halogens is 2. The van der Waals surface area contributed by atoms with Crippen molar-refractivity contribution < 1.29 is 9.18 Å². The zero-order chi connectivity index (χ0) is 13.9. The molecule has 2 N–H and O–H groups in total. The van der Waals surface area contributed by atoms with E-state index in [4.69, 9.17) is 0 Å². The van der Waals surface area contributed by atoms with Crippen molar-refractivity contribution >= 4 is 21.8 Å². The Labute approximate surface area is 121 Å². The maximum absolute atomic E-state index is 13.7. The van der Waals surface area contributed by atoms with E-state index in [-0.39, 0.29) is 16.9 Å². The minimum Gasteiger partial charge on any atom is -0.351 e. The lowest BCUT2D eigenvalue weighted by molar-refractivity contribution is 0.0918. The van der Waals surface area contributed by atoms with Gasteiger partial charge < -0.3 is 10.6 Å². The second kappa shape index (κ2) is 6.01. The molecule has 1 saturated heterocycles. The van der Waals surface area contributed by atoms with Gasteiger partial charge in [-0.05, 0) is 49.5 Å². The number of amides is 1. The summed E-state index contributed by atoms with van der Waals surface area (Å²) in [5, 5.41) is 6.14. The van der Waals surface area contributed by atoms with Crippen LogP contribution in [0.3, 0.4) is 0 Å². The summed E-state index contributed by atoms with van der Waals surface area (Å²) in [5.74, 6) is -0.841. The molecule has 1 aliphatic rings. The quantitative estimate of drug-likeness (QED) is 0.895. The number of benzene rings is 1. The summed E-state index contributed by atoms with van der Waals surface area (Å²) in [6.45, 7) is 4.69. The molecule has 0 atom stereocenters. The van der Waals surface area contributed by atoms with Gasteiger partial charge in [0, 0.05) is 11.0 Å². The molecule has 0 bridgehead atoms. The van der Waals surface area contributed by atoms with Crippen molar-refractivity contribution in [3.05, 3.63) is 34.1 Å². The Morgan fingerprint density at radius 3 is 2.79 bits per heavy atom. The highest BCUT2D eigenvalue weighted by molar-refractivity contribution is 9.10. The minimum absolute atomic E-state index is 0.0979. The lowest BCUT2D eigenvalue weighted by Crippen LogP contribution is -2.43. The van der Waals surface area contributed by atoms with E-state index in [0.29, 0.717) is 11.0 Å². The van der Waals surface area contributed by atoms with Gasteiger partial charge in [-0.15, -0.1) is 0 Å². The largest absolute Gasteiger partial charge is 0.351 e. The van der Waals surface area contributed by atoms with Crippen molar-refractivity contribution in [1.82, 2.24) is 10.6 Å². The van der Waals surface area contributed by atoms with Gasteiger partial charge in [-0.3, -0.25) is 4.79 Å². The fourth-order valence-corrected chi connectivity index (χ4v) is 2.60. The number of nitrogens with one attached hydrogen (secondary N) is 2. The maximum atomic E-state index is 13.7. The standard InChI is InChI=1S/C14H18BrFN2O/c1-14(4-6-17-7-5-14)9-18-13(19)11-3-2-10(15)8-12(11)16/h2-3,8,17H,4-7,9H2,1H3,(H,18,19). The lowest BCUT2D eigenvalue weighted by Gasteiger charge is -2.34. The van der Waals surface area contributed by atoms with Crippen LogP contribution < -0.4 is 10.6 Å². The van der Waals surface area contributed by atoms with Crippen LogP contribution in [0, 0.1) is 11.2 Å². The molecular formula is C14H18BrFN2O. The van der Waals surface area contributed by atoms with Gasteiger partial charge in [0.1, 0.15) is 5.82 Å². The molecule has 0 aromatic heterocycles. The Hall–Kier alpha value is -0.940. The van der Waals surface area contributed by atoms with E-state index < -0.39 is 5.82 Å². The second-order valence-electron chi connectivity index (χ2n) is 5.37. The van der Waals surface area contributed by atoms with Gasteiger partial charge in [-0.1, -0.05) is 22.9 Å². The van der Waals surface area contributed by atoms with E-state index in [1.165, 1.54) is 12.1 Å². The van der Waals surface area contributed by atoms with Gasteiger partial charge >= 0.3 is 0 Å². The molecule has 1 aromatic rings. The zero-order valence-electron chi connectivity index (χ0n) is 10.9. The minimum atomic E-state index is -0.498. The fourth-order valence-electron chi connectivity index (χ4n) is 2.27. The number of hydrogen-bond acceptors (Lipinski definition) is 2. The molecule has 19 heavy (non-hydrogen) atoms. The van der Waals surface area contributed by atoms with Gasteiger partial charge in [-0.2, -0.15) is 0 Å². The highest BCUT2D eigenvalue weighted by atomic mass is 79.9. The molecule has 2 rings (SSSR count). The average molecular weight is 329 g/mol. The summed E-state index contributed by atoms with van der Waals surface area (Å²) in [6.07, 6.45) is 2.05. The monoisotopic (exact) mass is 328 g/mol. The van der Waals surface area contributed by atoms with Crippen LogP contribution in [0.5, 0.6) is 0 Å². The number of carbonyl (C=O) groups is 1. The third kappa shape index (κ3) is 3.76. The summed E-state index contributed by atoms with van der Waals surface area (Å²) in [4.78, 5) is 12.0. The molecule has 1 heterocycles. The number of hydrogen-bond donors (Lipinski definition) is 2. The molecular weight excluding hydrogens is 311 g/mol. The molecule has 1 aliphatic heterocycles. The van der Waals surface area contributed by atoms with Gasteiger partial charge in [0.25, 0.3) is 5.91 Å². The van der Waals surface area contributed by atoms with Crippen LogP contribution >= 0.6 is 15.9 Å². The summed E-state index contributed by atoms with van der Waals surface area (Å²) < 4.78 is 14.3. The molecule has 1 fully saturated rings. The first kappa shape index (κ1) is 14.5. The smallest absolute Gasteiger partial charge is 0.254 e. The van der Waals surface area contributed by atoms with E-state index in [9.17, 15) is 9.18 Å². The van der Waals surface area contributed by atoms with Crippen molar-refractivity contribution in [2.45, 2.75) is 19.8 Å². The molecule has 1 amide bonds. The summed E-state index contributed by atoms with van der Waals surface area (Å²) >= 11 is 3.18. The van der Waals surface area contributed by atoms with Gasteiger partial charge in [0.15, 0.2) is 0 Å². The van der Waals surface area contributed by atoms with Crippen molar-refractivity contribution in [3.8, 4) is 0 Å². The first-order chi connectivity index (χ1) is 9.00. The Morgan fingerprint density at radius 2 is 2.16 bits per heavy atom. The average Bonchev–Trinajstić information content (AvgIpc) is 2.37. The van der Waals surface area contributed by atoms with Gasteiger partial charge in [0.2, 0.25) is 0 Å². The Morgan fingerprint density at radius 1 is 1.47 bits per heavy atom. The number of carbonyl (C=O) groups excluding carboxylic acids is 1. The highest BCUT2D eigenvalue weighted by Gasteiger charge is 2.27. The first-order valence-corrected chi connectivity index (χ1v) is 7.23. The summed E-state index contributed by atoms with van der Waals surface area (Å²) in [7, 11) is 0. The molecule has 104 valence electrons. The van der Waals surface area contributed by atoms with Crippen LogP contribution in [-0.4, -0.2) is 25.5 Å². The first-order valence-electron chi connectivity index (χ1n) is 6.44. The van der Waals surface area contributed by atoms with Crippen molar-refractivity contribution in [1.29, 1.82) is 0 Å². The van der Waals surface area contributed by atoms with Gasteiger partial charge in [0.05, 0.1) is 5.56 Å². The van der Waals surface area contributed by atoms with E-state index in [2.05, 4.69) is 33.5 Å². The molecule has 1 aromatic carbocycles. The topological polar surface area (TPSA) is 41.1 Å². The number of piperidine rings is 1. The third-order valence-corrected chi connectivity index (χ3v) is 4.16. The van der Waals surface area contributed by atoms with Crippen LogP contribution in [-0.2, 0) is 0 Å². The maximum Gasteiger partial charge on any atom is 0.254 e. The third-order valence-electron chi connectivity index (χ3n) is 3.66. The molecule has 0 spiro atoms. The number of rotatable bonds is 3. The predicted octanol–water partition coefficient (Wildman–Crippen LogP) is 2.71. The zero-order valence-corrected chi connectivity index (χ0v) is 12.5. The molecule has 0 unspecified atom stereocenters. The van der Waals surface area contributed by atoms with E-state index in [1.54, 1.807) is 6.07 Å². The Kier molecular flexibility index (Phi) is 4.58. The fraction of sp³-hybridized carbons (Fsp3) is 0.500. The summed E-state index contributed by atoms with van der Waals surface area (Å²) in [6, 6.07) is 4.48. The molecule has 3 nitrogen and oxygen atoms in total. The molecule has 0 aliphatic carbocycles. The van der Waals surface area contributed by atoms with E-state index in [1.807, 2.05) is 0 Å². The van der Waals surface area contributed by atoms with E-state index >= 15 is 0 Å². The van der Waals surface area contributed by atoms with Crippen LogP contribution in [0.2, 0.25) is 0 Å². The van der Waals surface area contributed by atoms with Crippen molar-refractivity contribution in [2.75, 3.05) is 19.6 Å². The SMILES string of the molecule is CC1(CNC(=O)c2ccc(Br)cc2F)CCNCC1. The van der Waals surface area contributed by atoms with E-state index in [0.717, 1.165) is 25.9 Å². The van der Waals surface area contributed by atoms with Crippen LogP contribution in [0.4, 0.5) is 4.39 Å². The van der Waals surface area contributed by atoms with Crippen molar-refractivity contribution in [3.63, 3.8) is 0 Å². The van der Waals surface area contributed by atoms with Crippen LogP contribution in [0.25, 0.3) is 0 Å². The Bertz CT molecular complexity index is 473. The molecule has 0 saturated carbocycles. The van der Waals surface area contributed by atoms with Crippen LogP contribution in [0.1, 0.15) is 30.1 Å². The van der Waals surface area contributed by atoms with Gasteiger partial charge in [-0.25, -0.2) is 4.39 Å². The normalized spacial score (nSPS) is 18.1. The second-order valence-corrected chi connectivity index (χ2v) is 6.28. The highest BCUT2D eigenvalue weighted by Crippen LogP contribution is 2.26.